The van der Waals surface area contributed by atoms with Crippen LogP contribution in [0.5, 0.6) is 0 Å². The molecule has 3 unspecified atom stereocenters. The molecule has 2 aliphatic rings. The number of nitrogens with one attached hydrogen (secondary N) is 1. The Morgan fingerprint density at radius 3 is 3.04 bits per heavy atom. The van der Waals surface area contributed by atoms with Gasteiger partial charge in [-0.3, -0.25) is 4.99 Å². The quantitative estimate of drug-likeness (QED) is 0.677. The molecule has 0 bridgehead atoms. The predicted molar refractivity (Wildman–Crippen MR) is 90.6 cm³/mol. The van der Waals surface area contributed by atoms with Crippen LogP contribution in [0.4, 0.5) is 4.39 Å². The molecule has 126 valence electrons. The van der Waals surface area contributed by atoms with Gasteiger partial charge in [-0.15, -0.1) is 0 Å². The fourth-order valence-corrected chi connectivity index (χ4v) is 3.70. The third-order valence-corrected chi connectivity index (χ3v) is 5.00. The normalized spacial score (nSPS) is 27.4. The van der Waals surface area contributed by atoms with Crippen molar-refractivity contribution in [1.29, 1.82) is 0 Å². The molecule has 0 aromatic heterocycles. The number of likely N-dealkylation sites (tertiary alicyclic amines) is 1. The molecular formula is C17H23ClFN3O. The molecule has 1 aliphatic heterocycles. The fraction of sp³-hybridized carbons (Fsp3) is 0.588. The highest BCUT2D eigenvalue weighted by molar-refractivity contribution is 6.31. The molecular weight excluding hydrogens is 317 g/mol. The van der Waals surface area contributed by atoms with Crippen molar-refractivity contribution in [3.63, 3.8) is 0 Å². The van der Waals surface area contributed by atoms with Crippen molar-refractivity contribution in [2.24, 2.45) is 10.9 Å². The Bertz CT molecular complexity index is 575. The fourth-order valence-electron chi connectivity index (χ4n) is 3.40. The number of hydrogen-bond acceptors (Lipinski definition) is 2. The topological polar surface area (TPSA) is 36.9 Å². The number of ether oxygens (including phenoxy) is 1. The molecule has 0 spiro atoms. The van der Waals surface area contributed by atoms with Crippen LogP contribution in [0.1, 0.15) is 24.3 Å². The average molecular weight is 340 g/mol. The van der Waals surface area contributed by atoms with Crippen molar-refractivity contribution in [2.75, 3.05) is 33.9 Å². The van der Waals surface area contributed by atoms with Crippen LogP contribution >= 0.6 is 11.6 Å². The molecule has 1 saturated heterocycles. The van der Waals surface area contributed by atoms with Gasteiger partial charge in [-0.2, -0.15) is 0 Å². The van der Waals surface area contributed by atoms with E-state index < -0.39 is 0 Å². The zero-order valence-corrected chi connectivity index (χ0v) is 14.3. The molecule has 1 aromatic rings. The number of aliphatic imine (C=N–C) groups is 1. The summed E-state index contributed by atoms with van der Waals surface area (Å²) >= 11 is 6.16. The third kappa shape index (κ3) is 3.61. The lowest BCUT2D eigenvalue weighted by molar-refractivity contribution is 0.157. The van der Waals surface area contributed by atoms with E-state index in [1.54, 1.807) is 26.3 Å². The number of rotatable bonds is 4. The van der Waals surface area contributed by atoms with Gasteiger partial charge in [0.1, 0.15) is 5.82 Å². The van der Waals surface area contributed by atoms with Crippen LogP contribution in [0.15, 0.2) is 23.2 Å². The van der Waals surface area contributed by atoms with Crippen LogP contribution in [-0.2, 0) is 4.74 Å². The summed E-state index contributed by atoms with van der Waals surface area (Å²) in [6.07, 6.45) is 2.00. The maximum Gasteiger partial charge on any atom is 0.193 e. The molecule has 1 saturated carbocycles. The van der Waals surface area contributed by atoms with Crippen molar-refractivity contribution in [1.82, 2.24) is 10.2 Å². The summed E-state index contributed by atoms with van der Waals surface area (Å²) in [5.41, 5.74) is 0.626. The second kappa shape index (κ2) is 7.05. The molecule has 1 N–H and O–H groups in total. The van der Waals surface area contributed by atoms with E-state index in [1.165, 1.54) is 6.07 Å². The Balaban J connectivity index is 1.60. The standard InChI is InChI=1S/C17H23ClFN3O/c1-20-17(22-7-6-11(9-22)10-23-2)21-15-8-12(15)16-13(18)4-3-5-14(16)19/h3-5,11-12,15H,6-10H2,1-2H3,(H,20,21). The molecule has 0 amide bonds. The maximum absolute atomic E-state index is 14.0. The van der Waals surface area contributed by atoms with Gasteiger partial charge in [0.05, 0.1) is 6.61 Å². The highest BCUT2D eigenvalue weighted by Gasteiger charge is 2.42. The molecule has 23 heavy (non-hydrogen) atoms. The number of hydrogen-bond donors (Lipinski definition) is 1. The Morgan fingerprint density at radius 1 is 1.52 bits per heavy atom. The van der Waals surface area contributed by atoms with Crippen LogP contribution in [0.2, 0.25) is 5.02 Å². The van der Waals surface area contributed by atoms with Gasteiger partial charge < -0.3 is 15.0 Å². The van der Waals surface area contributed by atoms with Crippen LogP contribution in [-0.4, -0.2) is 50.8 Å². The summed E-state index contributed by atoms with van der Waals surface area (Å²) in [5, 5.41) is 3.97. The molecule has 1 aromatic carbocycles. The van der Waals surface area contributed by atoms with Crippen LogP contribution < -0.4 is 5.32 Å². The Morgan fingerprint density at radius 2 is 2.35 bits per heavy atom. The van der Waals surface area contributed by atoms with Gasteiger partial charge in [0.15, 0.2) is 5.96 Å². The Kier molecular flexibility index (Phi) is 5.07. The van der Waals surface area contributed by atoms with Crippen LogP contribution in [0.25, 0.3) is 0 Å². The van der Waals surface area contributed by atoms with E-state index >= 15 is 0 Å². The molecule has 3 atom stereocenters. The van der Waals surface area contributed by atoms with E-state index in [0.29, 0.717) is 16.5 Å². The number of benzene rings is 1. The molecule has 4 nitrogen and oxygen atoms in total. The SMILES string of the molecule is CN=C(NC1CC1c1c(F)cccc1Cl)N1CCC(COC)C1. The maximum atomic E-state index is 14.0. The van der Waals surface area contributed by atoms with Gasteiger partial charge in [-0.05, 0) is 25.0 Å². The molecule has 1 heterocycles. The van der Waals surface area contributed by atoms with E-state index in [4.69, 9.17) is 16.3 Å². The second-order valence-electron chi connectivity index (χ2n) is 6.33. The zero-order chi connectivity index (χ0) is 16.4. The first-order chi connectivity index (χ1) is 11.1. The molecule has 2 fully saturated rings. The average Bonchev–Trinajstić information content (AvgIpc) is 3.11. The third-order valence-electron chi connectivity index (χ3n) is 4.67. The van der Waals surface area contributed by atoms with Crippen LogP contribution in [0.3, 0.4) is 0 Å². The van der Waals surface area contributed by atoms with Crippen molar-refractivity contribution >= 4 is 17.6 Å². The molecule has 1 aliphatic carbocycles. The largest absolute Gasteiger partial charge is 0.384 e. The van der Waals surface area contributed by atoms with Gasteiger partial charge >= 0.3 is 0 Å². The highest BCUT2D eigenvalue weighted by atomic mass is 35.5. The number of nitrogens with zero attached hydrogens (tertiary/aromatic N) is 2. The molecule has 3 rings (SSSR count). The van der Waals surface area contributed by atoms with E-state index in [0.717, 1.165) is 38.5 Å². The van der Waals surface area contributed by atoms with Gasteiger partial charge in [0, 0.05) is 55.7 Å². The lowest BCUT2D eigenvalue weighted by Crippen LogP contribution is -2.41. The summed E-state index contributed by atoms with van der Waals surface area (Å²) in [6.45, 7) is 2.71. The first-order valence-corrected chi connectivity index (χ1v) is 8.43. The second-order valence-corrected chi connectivity index (χ2v) is 6.74. The number of methoxy groups -OCH3 is 1. The van der Waals surface area contributed by atoms with Crippen LogP contribution in [0, 0.1) is 11.7 Å². The van der Waals surface area contributed by atoms with E-state index in [1.807, 2.05) is 0 Å². The first-order valence-electron chi connectivity index (χ1n) is 8.05. The highest BCUT2D eigenvalue weighted by Crippen LogP contribution is 2.45. The summed E-state index contributed by atoms with van der Waals surface area (Å²) in [7, 11) is 3.53. The van der Waals surface area contributed by atoms with Gasteiger partial charge in [0.25, 0.3) is 0 Å². The Labute approximate surface area is 141 Å². The number of guanidine groups is 1. The van der Waals surface area contributed by atoms with E-state index in [2.05, 4.69) is 15.2 Å². The van der Waals surface area contributed by atoms with Gasteiger partial charge in [0.2, 0.25) is 0 Å². The summed E-state index contributed by atoms with van der Waals surface area (Å²) in [5.74, 6) is 1.35. The van der Waals surface area contributed by atoms with Crippen molar-refractivity contribution in [3.8, 4) is 0 Å². The van der Waals surface area contributed by atoms with Crippen molar-refractivity contribution < 1.29 is 9.13 Å². The zero-order valence-electron chi connectivity index (χ0n) is 13.6. The summed E-state index contributed by atoms with van der Waals surface area (Å²) in [6, 6.07) is 5.07. The predicted octanol–water partition coefficient (Wildman–Crippen LogP) is 2.88. The molecule has 6 heteroatoms. The first kappa shape index (κ1) is 16.5. The summed E-state index contributed by atoms with van der Waals surface area (Å²) in [4.78, 5) is 6.63. The van der Waals surface area contributed by atoms with E-state index in [9.17, 15) is 4.39 Å². The minimum atomic E-state index is -0.219. The van der Waals surface area contributed by atoms with Crippen molar-refractivity contribution in [2.45, 2.75) is 24.8 Å². The molecule has 0 radical (unpaired) electrons. The lowest BCUT2D eigenvalue weighted by atomic mass is 10.1. The lowest BCUT2D eigenvalue weighted by Gasteiger charge is -2.22. The minimum Gasteiger partial charge on any atom is -0.384 e. The van der Waals surface area contributed by atoms with Gasteiger partial charge in [-0.1, -0.05) is 17.7 Å². The minimum absolute atomic E-state index is 0.123. The van der Waals surface area contributed by atoms with Gasteiger partial charge in [-0.25, -0.2) is 4.39 Å². The number of halogens is 2. The van der Waals surface area contributed by atoms with E-state index in [-0.39, 0.29) is 17.8 Å². The smallest absolute Gasteiger partial charge is 0.193 e. The summed E-state index contributed by atoms with van der Waals surface area (Å²) < 4.78 is 19.2. The van der Waals surface area contributed by atoms with Crippen molar-refractivity contribution in [3.05, 3.63) is 34.6 Å². The Hall–Kier alpha value is -1.33. The monoisotopic (exact) mass is 339 g/mol.